The van der Waals surface area contributed by atoms with Gasteiger partial charge < -0.3 is 10.6 Å². The van der Waals surface area contributed by atoms with Crippen LogP contribution < -0.4 is 10.6 Å². The second-order valence-corrected chi connectivity index (χ2v) is 5.46. The number of rotatable bonds is 2. The molecule has 0 saturated heterocycles. The molecule has 0 amide bonds. The van der Waals surface area contributed by atoms with Gasteiger partial charge in [0, 0.05) is 22.3 Å². The number of nitrogens with zero attached hydrogens (tertiary/aromatic N) is 1. The van der Waals surface area contributed by atoms with Crippen molar-refractivity contribution in [3.05, 3.63) is 58.1 Å². The summed E-state index contributed by atoms with van der Waals surface area (Å²) in [5, 5.41) is 7.47. The van der Waals surface area contributed by atoms with E-state index in [9.17, 15) is 0 Å². The molecular formula is C15H14BrN3. The monoisotopic (exact) mass is 315 g/mol. The predicted molar refractivity (Wildman–Crippen MR) is 82.3 cm³/mol. The summed E-state index contributed by atoms with van der Waals surface area (Å²) < 4.78 is 0.969. The molecule has 3 nitrogen and oxygen atoms in total. The summed E-state index contributed by atoms with van der Waals surface area (Å²) in [6, 6.07) is 14.3. The number of para-hydroxylation sites is 1. The average molecular weight is 316 g/mol. The summed E-state index contributed by atoms with van der Waals surface area (Å²) in [5.74, 6) is 0.0917. The van der Waals surface area contributed by atoms with Crippen LogP contribution in [0.1, 0.15) is 11.1 Å². The third kappa shape index (κ3) is 2.12. The molecule has 2 aromatic carbocycles. The first-order chi connectivity index (χ1) is 9.16. The van der Waals surface area contributed by atoms with Crippen molar-refractivity contribution in [3.63, 3.8) is 0 Å². The average Bonchev–Trinajstić information content (AvgIpc) is 2.82. The van der Waals surface area contributed by atoms with Gasteiger partial charge in [0.25, 0.3) is 0 Å². The molecule has 0 unspecified atom stereocenters. The zero-order chi connectivity index (χ0) is 13.4. The number of nitrogens with one attached hydrogen (secondary N) is 1. The van der Waals surface area contributed by atoms with Crippen LogP contribution in [-0.2, 0) is 6.42 Å². The number of nitrogen functional groups attached to an aromatic ring is 1. The molecule has 0 saturated carbocycles. The second kappa shape index (κ2) is 4.70. The van der Waals surface area contributed by atoms with E-state index in [4.69, 9.17) is 11.1 Å². The van der Waals surface area contributed by atoms with Crippen molar-refractivity contribution in [1.29, 1.82) is 5.41 Å². The molecule has 0 radical (unpaired) electrons. The number of anilines is 2. The van der Waals surface area contributed by atoms with E-state index in [2.05, 4.69) is 45.1 Å². The Morgan fingerprint density at radius 2 is 1.95 bits per heavy atom. The van der Waals surface area contributed by atoms with Gasteiger partial charge >= 0.3 is 0 Å². The summed E-state index contributed by atoms with van der Waals surface area (Å²) in [7, 11) is 0. The van der Waals surface area contributed by atoms with Crippen LogP contribution in [0.4, 0.5) is 11.4 Å². The molecular weight excluding hydrogens is 302 g/mol. The van der Waals surface area contributed by atoms with Gasteiger partial charge in [-0.1, -0.05) is 18.2 Å². The van der Waals surface area contributed by atoms with Crippen LogP contribution in [-0.4, -0.2) is 12.4 Å². The minimum atomic E-state index is 0.0917. The fourth-order valence-corrected chi connectivity index (χ4v) is 3.07. The molecule has 0 aromatic heterocycles. The number of amidine groups is 1. The van der Waals surface area contributed by atoms with Crippen molar-refractivity contribution >= 4 is 33.1 Å². The highest BCUT2D eigenvalue weighted by atomic mass is 79.9. The minimum Gasteiger partial charge on any atom is -0.384 e. The quantitative estimate of drug-likeness (QED) is 0.659. The van der Waals surface area contributed by atoms with Crippen LogP contribution in [0.25, 0.3) is 0 Å². The summed E-state index contributed by atoms with van der Waals surface area (Å²) in [6.45, 7) is 0.983. The highest BCUT2D eigenvalue weighted by Crippen LogP contribution is 2.38. The Morgan fingerprint density at radius 1 is 1.16 bits per heavy atom. The fraction of sp³-hybridized carbons (Fsp3) is 0.133. The van der Waals surface area contributed by atoms with Crippen LogP contribution >= 0.6 is 15.9 Å². The SMILES string of the molecule is N=C(N)c1ccc(N2CCc3ccccc32)c(Br)c1. The molecule has 0 spiro atoms. The molecule has 19 heavy (non-hydrogen) atoms. The van der Waals surface area contributed by atoms with E-state index in [1.165, 1.54) is 11.3 Å². The molecule has 1 heterocycles. The lowest BCUT2D eigenvalue weighted by atomic mass is 10.1. The molecule has 3 rings (SSSR count). The Kier molecular flexibility index (Phi) is 3.03. The van der Waals surface area contributed by atoms with Gasteiger partial charge in [-0.05, 0) is 52.2 Å². The normalized spacial score (nSPS) is 13.4. The van der Waals surface area contributed by atoms with Crippen molar-refractivity contribution in [1.82, 2.24) is 0 Å². The summed E-state index contributed by atoms with van der Waals surface area (Å²) in [5.41, 5.74) is 10.0. The molecule has 0 bridgehead atoms. The standard InChI is InChI=1S/C15H14BrN3/c16-12-9-11(15(17)18)5-6-14(12)19-8-7-10-3-1-2-4-13(10)19/h1-6,9H,7-8H2,(H3,17,18). The molecule has 96 valence electrons. The van der Waals surface area contributed by atoms with Crippen LogP contribution in [0, 0.1) is 5.41 Å². The third-order valence-corrected chi connectivity index (χ3v) is 4.07. The Morgan fingerprint density at radius 3 is 2.68 bits per heavy atom. The Labute approximate surface area is 120 Å². The highest BCUT2D eigenvalue weighted by Gasteiger charge is 2.21. The van der Waals surface area contributed by atoms with Gasteiger partial charge in [-0.3, -0.25) is 5.41 Å². The first-order valence-corrected chi connectivity index (χ1v) is 6.95. The lowest BCUT2D eigenvalue weighted by Gasteiger charge is -2.21. The molecule has 0 atom stereocenters. The first-order valence-electron chi connectivity index (χ1n) is 6.16. The zero-order valence-corrected chi connectivity index (χ0v) is 11.9. The van der Waals surface area contributed by atoms with Crippen LogP contribution in [0.3, 0.4) is 0 Å². The van der Waals surface area contributed by atoms with E-state index in [0.717, 1.165) is 28.7 Å². The van der Waals surface area contributed by atoms with E-state index in [0.29, 0.717) is 0 Å². The number of halogens is 1. The summed E-state index contributed by atoms with van der Waals surface area (Å²) in [6.07, 6.45) is 1.07. The van der Waals surface area contributed by atoms with Gasteiger partial charge in [0.05, 0.1) is 5.69 Å². The van der Waals surface area contributed by atoms with Crippen molar-refractivity contribution in [2.24, 2.45) is 5.73 Å². The van der Waals surface area contributed by atoms with Crippen LogP contribution in [0.15, 0.2) is 46.9 Å². The summed E-state index contributed by atoms with van der Waals surface area (Å²) in [4.78, 5) is 2.29. The smallest absolute Gasteiger partial charge is 0.122 e. The van der Waals surface area contributed by atoms with Gasteiger partial charge in [-0.2, -0.15) is 0 Å². The maximum atomic E-state index is 7.47. The fourth-order valence-electron chi connectivity index (χ4n) is 2.48. The molecule has 2 aromatic rings. The van der Waals surface area contributed by atoms with E-state index in [1.54, 1.807) is 0 Å². The lowest BCUT2D eigenvalue weighted by molar-refractivity contribution is 0.995. The van der Waals surface area contributed by atoms with Gasteiger partial charge in [0.15, 0.2) is 0 Å². The number of hydrogen-bond acceptors (Lipinski definition) is 2. The van der Waals surface area contributed by atoms with E-state index in [-0.39, 0.29) is 5.84 Å². The minimum absolute atomic E-state index is 0.0917. The van der Waals surface area contributed by atoms with Crippen molar-refractivity contribution < 1.29 is 0 Å². The van der Waals surface area contributed by atoms with Crippen LogP contribution in [0.5, 0.6) is 0 Å². The van der Waals surface area contributed by atoms with Gasteiger partial charge in [-0.25, -0.2) is 0 Å². The van der Waals surface area contributed by atoms with Crippen molar-refractivity contribution in [2.75, 3.05) is 11.4 Å². The number of fused-ring (bicyclic) bond motifs is 1. The van der Waals surface area contributed by atoms with E-state index in [1.807, 2.05) is 18.2 Å². The van der Waals surface area contributed by atoms with E-state index < -0.39 is 0 Å². The molecule has 0 aliphatic carbocycles. The third-order valence-electron chi connectivity index (χ3n) is 3.44. The Hall–Kier alpha value is -1.81. The van der Waals surface area contributed by atoms with Gasteiger partial charge in [0.2, 0.25) is 0 Å². The maximum absolute atomic E-state index is 7.47. The van der Waals surface area contributed by atoms with Gasteiger partial charge in [0.1, 0.15) is 5.84 Å². The predicted octanol–water partition coefficient (Wildman–Crippen LogP) is 3.43. The zero-order valence-electron chi connectivity index (χ0n) is 10.4. The molecule has 0 fully saturated rings. The lowest BCUT2D eigenvalue weighted by Crippen LogP contribution is -2.15. The highest BCUT2D eigenvalue weighted by molar-refractivity contribution is 9.10. The van der Waals surface area contributed by atoms with E-state index >= 15 is 0 Å². The number of nitrogens with two attached hydrogens (primary N) is 1. The molecule has 4 heteroatoms. The molecule has 1 aliphatic rings. The number of hydrogen-bond donors (Lipinski definition) is 2. The van der Waals surface area contributed by atoms with Gasteiger partial charge in [-0.15, -0.1) is 0 Å². The first kappa shape index (κ1) is 12.2. The summed E-state index contributed by atoms with van der Waals surface area (Å²) >= 11 is 3.58. The Bertz CT molecular complexity index is 652. The Balaban J connectivity index is 2.03. The molecule has 3 N–H and O–H groups in total. The molecule has 1 aliphatic heterocycles. The number of benzene rings is 2. The van der Waals surface area contributed by atoms with Crippen molar-refractivity contribution in [2.45, 2.75) is 6.42 Å². The van der Waals surface area contributed by atoms with Crippen LogP contribution in [0.2, 0.25) is 0 Å². The van der Waals surface area contributed by atoms with Crippen molar-refractivity contribution in [3.8, 4) is 0 Å². The maximum Gasteiger partial charge on any atom is 0.122 e. The topological polar surface area (TPSA) is 53.1 Å². The largest absolute Gasteiger partial charge is 0.384 e. The second-order valence-electron chi connectivity index (χ2n) is 4.61.